The molecule has 0 aromatic carbocycles. The summed E-state index contributed by atoms with van der Waals surface area (Å²) in [6.07, 6.45) is 48.3. The lowest BCUT2D eigenvalue weighted by atomic mass is 10.0. The van der Waals surface area contributed by atoms with Crippen LogP contribution in [0.25, 0.3) is 0 Å². The van der Waals surface area contributed by atoms with Gasteiger partial charge in [-0.1, -0.05) is 212 Å². The first kappa shape index (κ1) is 57.7. The highest BCUT2D eigenvalue weighted by Crippen LogP contribution is 2.43. The summed E-state index contributed by atoms with van der Waals surface area (Å²) in [7, 11) is -4.62. The number of aliphatic carboxylic acids is 1. The van der Waals surface area contributed by atoms with E-state index in [1.165, 1.54) is 186 Å². The van der Waals surface area contributed by atoms with Crippen LogP contribution in [-0.2, 0) is 32.7 Å². The molecule has 3 unspecified atom stereocenters. The molecule has 0 amide bonds. The summed E-state index contributed by atoms with van der Waals surface area (Å²) in [5, 5.41) is 8.92. The van der Waals surface area contributed by atoms with Gasteiger partial charge < -0.3 is 25.2 Å². The third-order valence-corrected chi connectivity index (χ3v) is 12.0. The molecule has 11 heteroatoms. The van der Waals surface area contributed by atoms with Crippen molar-refractivity contribution in [3.05, 3.63) is 12.2 Å². The Bertz CT molecular complexity index is 998. The minimum absolute atomic E-state index is 0.0208. The lowest BCUT2D eigenvalue weighted by Crippen LogP contribution is -2.34. The fourth-order valence-electron chi connectivity index (χ4n) is 7.19. The van der Waals surface area contributed by atoms with Gasteiger partial charge in [-0.25, -0.2) is 4.57 Å². The third kappa shape index (κ3) is 44.6. The fraction of sp³-hybridized carbons (Fsp3) is 0.917. The quantitative estimate of drug-likeness (QED) is 0.0233. The average Bonchev–Trinajstić information content (AvgIpc) is 3.21. The number of hydrogen-bond acceptors (Lipinski definition) is 8. The molecule has 0 heterocycles. The van der Waals surface area contributed by atoms with Crippen molar-refractivity contribution in [1.29, 1.82) is 0 Å². The number of rotatable bonds is 48. The van der Waals surface area contributed by atoms with Gasteiger partial charge >= 0.3 is 19.8 Å². The maximum atomic E-state index is 12.7. The second-order valence-electron chi connectivity index (χ2n) is 17.0. The normalized spacial score (nSPS) is 13.8. The smallest absolute Gasteiger partial charge is 0.472 e. The van der Waals surface area contributed by atoms with Crippen LogP contribution in [0.3, 0.4) is 0 Å². The van der Waals surface area contributed by atoms with Crippen LogP contribution < -0.4 is 5.73 Å². The number of carbonyl (C=O) groups excluding carboxylic acids is 1. The van der Waals surface area contributed by atoms with Gasteiger partial charge in [-0.15, -0.1) is 0 Å². The molecular formula is C48H94NO9P. The van der Waals surface area contributed by atoms with E-state index < -0.39 is 45.1 Å². The van der Waals surface area contributed by atoms with E-state index in [1.54, 1.807) is 0 Å². The van der Waals surface area contributed by atoms with Crippen LogP contribution in [0.2, 0.25) is 0 Å². The minimum atomic E-state index is -4.62. The van der Waals surface area contributed by atoms with Gasteiger partial charge in [0.2, 0.25) is 0 Å². The number of carbonyl (C=O) groups is 2. The standard InChI is InChI=1S/C48H94NO9P/c1-3-5-7-9-11-13-15-17-19-21-23-24-26-28-30-32-34-36-38-40-47(50)58-45(43-56-59(53,54)57-44-46(49)48(51)52)42-55-41-39-37-35-33-31-29-27-25-22-20-18-16-14-12-10-8-6-4-2/h18,20,45-46H,3-17,19,21-44,49H2,1-2H3,(H,51,52)(H,53,54)/b20-18-. The molecule has 0 radical (unpaired) electrons. The summed E-state index contributed by atoms with van der Waals surface area (Å²) in [6, 6.07) is -1.47. The fourth-order valence-corrected chi connectivity index (χ4v) is 7.97. The van der Waals surface area contributed by atoms with E-state index in [2.05, 4.69) is 26.0 Å². The van der Waals surface area contributed by atoms with Crippen LogP contribution in [0.5, 0.6) is 0 Å². The zero-order chi connectivity index (χ0) is 43.3. The molecule has 0 spiro atoms. The largest absolute Gasteiger partial charge is 0.480 e. The summed E-state index contributed by atoms with van der Waals surface area (Å²) in [5.41, 5.74) is 5.37. The average molecular weight is 860 g/mol. The number of esters is 1. The van der Waals surface area contributed by atoms with Crippen LogP contribution in [0.4, 0.5) is 0 Å². The van der Waals surface area contributed by atoms with Gasteiger partial charge in [0, 0.05) is 13.0 Å². The van der Waals surface area contributed by atoms with Gasteiger partial charge in [0.25, 0.3) is 0 Å². The lowest BCUT2D eigenvalue weighted by molar-refractivity contribution is -0.154. The molecule has 3 atom stereocenters. The van der Waals surface area contributed by atoms with E-state index in [1.807, 2.05) is 0 Å². The van der Waals surface area contributed by atoms with Gasteiger partial charge in [0.05, 0.1) is 19.8 Å². The number of allylic oxidation sites excluding steroid dienone is 2. The molecule has 0 saturated heterocycles. The van der Waals surface area contributed by atoms with Crippen molar-refractivity contribution in [3.63, 3.8) is 0 Å². The number of nitrogens with two attached hydrogens (primary N) is 1. The summed E-state index contributed by atoms with van der Waals surface area (Å²) in [4.78, 5) is 33.6. The second kappa shape index (κ2) is 44.8. The topological polar surface area (TPSA) is 155 Å². The molecule has 10 nitrogen and oxygen atoms in total. The van der Waals surface area contributed by atoms with Crippen molar-refractivity contribution in [2.75, 3.05) is 26.4 Å². The maximum absolute atomic E-state index is 12.7. The van der Waals surface area contributed by atoms with Crippen molar-refractivity contribution in [1.82, 2.24) is 0 Å². The van der Waals surface area contributed by atoms with Crippen LogP contribution in [0.1, 0.15) is 245 Å². The monoisotopic (exact) mass is 860 g/mol. The Morgan fingerprint density at radius 1 is 0.525 bits per heavy atom. The number of hydrogen-bond donors (Lipinski definition) is 3. The van der Waals surface area contributed by atoms with Crippen molar-refractivity contribution < 1.29 is 42.7 Å². The molecule has 0 bridgehead atoms. The molecule has 0 aromatic rings. The van der Waals surface area contributed by atoms with Crippen LogP contribution >= 0.6 is 7.82 Å². The zero-order valence-electron chi connectivity index (χ0n) is 38.4. The Kier molecular flexibility index (Phi) is 43.8. The highest BCUT2D eigenvalue weighted by Gasteiger charge is 2.27. The molecule has 0 fully saturated rings. The van der Waals surface area contributed by atoms with Crippen LogP contribution in [-0.4, -0.2) is 60.5 Å². The van der Waals surface area contributed by atoms with E-state index in [-0.39, 0.29) is 13.0 Å². The molecule has 0 saturated carbocycles. The summed E-state index contributed by atoms with van der Waals surface area (Å²) in [6.45, 7) is 3.92. The molecule has 4 N–H and O–H groups in total. The maximum Gasteiger partial charge on any atom is 0.472 e. The first-order valence-corrected chi connectivity index (χ1v) is 26.2. The van der Waals surface area contributed by atoms with Gasteiger partial charge in [-0.05, 0) is 38.5 Å². The molecule has 0 aromatic heterocycles. The van der Waals surface area contributed by atoms with E-state index in [4.69, 9.17) is 29.4 Å². The van der Waals surface area contributed by atoms with Crippen molar-refractivity contribution >= 4 is 19.8 Å². The Hall–Kier alpha value is -1.29. The van der Waals surface area contributed by atoms with Gasteiger partial charge in [0.1, 0.15) is 12.1 Å². The highest BCUT2D eigenvalue weighted by atomic mass is 31.2. The predicted molar refractivity (Wildman–Crippen MR) is 245 cm³/mol. The minimum Gasteiger partial charge on any atom is -0.480 e. The third-order valence-electron chi connectivity index (χ3n) is 11.0. The Balaban J connectivity index is 4.13. The van der Waals surface area contributed by atoms with Crippen molar-refractivity contribution in [3.8, 4) is 0 Å². The number of carboxylic acid groups (broad SMARTS) is 1. The number of carboxylic acids is 1. The number of phosphoric ester groups is 1. The highest BCUT2D eigenvalue weighted by molar-refractivity contribution is 7.47. The van der Waals surface area contributed by atoms with E-state index in [0.29, 0.717) is 6.61 Å². The molecule has 0 aliphatic rings. The van der Waals surface area contributed by atoms with Crippen molar-refractivity contribution in [2.45, 2.75) is 257 Å². The summed E-state index contributed by atoms with van der Waals surface area (Å²) >= 11 is 0. The number of unbranched alkanes of at least 4 members (excludes halogenated alkanes) is 32. The van der Waals surface area contributed by atoms with Gasteiger partial charge in [-0.2, -0.15) is 0 Å². The molecular weight excluding hydrogens is 765 g/mol. The van der Waals surface area contributed by atoms with Crippen molar-refractivity contribution in [2.24, 2.45) is 5.73 Å². The predicted octanol–water partition coefficient (Wildman–Crippen LogP) is 14.1. The van der Waals surface area contributed by atoms with E-state index in [0.717, 1.165) is 38.5 Å². The van der Waals surface area contributed by atoms with Gasteiger partial charge in [0.15, 0.2) is 0 Å². The van der Waals surface area contributed by atoms with Crippen LogP contribution in [0, 0.1) is 0 Å². The second-order valence-corrected chi connectivity index (χ2v) is 18.4. The van der Waals surface area contributed by atoms with E-state index >= 15 is 0 Å². The summed E-state index contributed by atoms with van der Waals surface area (Å²) in [5.74, 6) is -1.77. The molecule has 0 aliphatic carbocycles. The molecule has 59 heavy (non-hydrogen) atoms. The Labute approximate surface area is 362 Å². The lowest BCUT2D eigenvalue weighted by Gasteiger charge is -2.20. The first-order chi connectivity index (χ1) is 28.7. The van der Waals surface area contributed by atoms with Crippen LogP contribution in [0.15, 0.2) is 12.2 Å². The Morgan fingerprint density at radius 3 is 1.29 bits per heavy atom. The first-order valence-electron chi connectivity index (χ1n) is 24.7. The zero-order valence-corrected chi connectivity index (χ0v) is 39.3. The summed E-state index contributed by atoms with van der Waals surface area (Å²) < 4.78 is 33.5. The molecule has 0 aliphatic heterocycles. The molecule has 350 valence electrons. The number of ether oxygens (including phenoxy) is 2. The van der Waals surface area contributed by atoms with Gasteiger partial charge in [-0.3, -0.25) is 18.6 Å². The molecule has 0 rings (SSSR count). The SMILES string of the molecule is CCCCCCCC/C=C\CCCCCCCCCCOCC(COP(=O)(O)OCC(N)C(=O)O)OC(=O)CCCCCCCCCCCCCCCCCCCCC. The number of phosphoric acid groups is 1. The Morgan fingerprint density at radius 2 is 0.881 bits per heavy atom. The van der Waals surface area contributed by atoms with E-state index in [9.17, 15) is 19.0 Å².